The van der Waals surface area contributed by atoms with Crippen LogP contribution in [0.1, 0.15) is 27.5 Å². The molecule has 4 rings (SSSR count). The molecule has 4 aromatic rings. The van der Waals surface area contributed by atoms with Gasteiger partial charge in [-0.25, -0.2) is 13.5 Å². The Morgan fingerprint density at radius 1 is 1.07 bits per heavy atom. The first-order valence-electron chi connectivity index (χ1n) is 9.06. The summed E-state index contributed by atoms with van der Waals surface area (Å²) in [6, 6.07) is 8.79. The van der Waals surface area contributed by atoms with Gasteiger partial charge in [0, 0.05) is 30.4 Å². The number of halogens is 2. The van der Waals surface area contributed by atoms with E-state index in [9.17, 15) is 13.6 Å². The van der Waals surface area contributed by atoms with E-state index in [-0.39, 0.29) is 5.69 Å². The molecule has 0 aliphatic rings. The van der Waals surface area contributed by atoms with Gasteiger partial charge in [0.1, 0.15) is 0 Å². The number of anilines is 1. The highest BCUT2D eigenvalue weighted by molar-refractivity contribution is 6.04. The molecule has 0 radical (unpaired) electrons. The standard InChI is InChI=1S/C21H17F2N5O2/c1-11-4-5-14(20-24-13(3)30-27-20)8-19(11)28-10-16(12(2)26-28)21(29)25-15-6-7-17(22)18(23)9-15/h4-10H,1-3H3,(H,25,29). The van der Waals surface area contributed by atoms with Gasteiger partial charge in [0.25, 0.3) is 5.91 Å². The van der Waals surface area contributed by atoms with Crippen molar-refractivity contribution in [2.45, 2.75) is 20.8 Å². The van der Waals surface area contributed by atoms with Crippen molar-refractivity contribution in [1.82, 2.24) is 19.9 Å². The molecule has 0 fully saturated rings. The van der Waals surface area contributed by atoms with Crippen molar-refractivity contribution in [2.24, 2.45) is 0 Å². The normalized spacial score (nSPS) is 11.0. The van der Waals surface area contributed by atoms with Crippen molar-refractivity contribution < 1.29 is 18.1 Å². The predicted molar refractivity (Wildman–Crippen MR) is 105 cm³/mol. The first-order valence-corrected chi connectivity index (χ1v) is 9.06. The summed E-state index contributed by atoms with van der Waals surface area (Å²) in [6.07, 6.45) is 1.58. The highest BCUT2D eigenvalue weighted by Gasteiger charge is 2.17. The number of nitrogens with zero attached hydrogens (tertiary/aromatic N) is 4. The molecule has 1 amide bonds. The summed E-state index contributed by atoms with van der Waals surface area (Å²) in [5.74, 6) is -1.59. The number of carbonyl (C=O) groups is 1. The SMILES string of the molecule is Cc1nc(-c2ccc(C)c(-n3cc(C(=O)Nc4ccc(F)c(F)c4)c(C)n3)c2)no1. The Morgan fingerprint density at radius 3 is 2.57 bits per heavy atom. The van der Waals surface area contributed by atoms with Crippen molar-refractivity contribution >= 4 is 11.6 Å². The lowest BCUT2D eigenvalue weighted by Crippen LogP contribution is -2.12. The van der Waals surface area contributed by atoms with E-state index < -0.39 is 17.5 Å². The van der Waals surface area contributed by atoms with Crippen LogP contribution in [0.4, 0.5) is 14.5 Å². The quantitative estimate of drug-likeness (QED) is 0.541. The van der Waals surface area contributed by atoms with E-state index in [4.69, 9.17) is 4.52 Å². The van der Waals surface area contributed by atoms with Crippen LogP contribution in [0.3, 0.4) is 0 Å². The van der Waals surface area contributed by atoms with Crippen LogP contribution in [-0.2, 0) is 0 Å². The van der Waals surface area contributed by atoms with Crippen LogP contribution in [0.15, 0.2) is 47.1 Å². The lowest BCUT2D eigenvalue weighted by Gasteiger charge is -2.07. The molecule has 0 bridgehead atoms. The highest BCUT2D eigenvalue weighted by Crippen LogP contribution is 2.24. The maximum atomic E-state index is 13.4. The van der Waals surface area contributed by atoms with Crippen LogP contribution in [-0.4, -0.2) is 25.8 Å². The van der Waals surface area contributed by atoms with Gasteiger partial charge in [0.2, 0.25) is 11.7 Å². The van der Waals surface area contributed by atoms with E-state index in [1.54, 1.807) is 24.7 Å². The van der Waals surface area contributed by atoms with Crippen LogP contribution in [0, 0.1) is 32.4 Å². The lowest BCUT2D eigenvalue weighted by atomic mass is 10.1. The average Bonchev–Trinajstić information content (AvgIpc) is 3.31. The fourth-order valence-corrected chi connectivity index (χ4v) is 2.99. The Labute approximate surface area is 170 Å². The van der Waals surface area contributed by atoms with E-state index in [1.807, 2.05) is 25.1 Å². The van der Waals surface area contributed by atoms with Crippen LogP contribution in [0.5, 0.6) is 0 Å². The second kappa shape index (κ2) is 7.51. The number of aryl methyl sites for hydroxylation is 3. The molecule has 0 aliphatic carbocycles. The highest BCUT2D eigenvalue weighted by atomic mass is 19.2. The van der Waals surface area contributed by atoms with Crippen LogP contribution in [0.2, 0.25) is 0 Å². The average molecular weight is 409 g/mol. The molecular weight excluding hydrogens is 392 g/mol. The van der Waals surface area contributed by atoms with Crippen LogP contribution < -0.4 is 5.32 Å². The summed E-state index contributed by atoms with van der Waals surface area (Å²) in [7, 11) is 0. The van der Waals surface area contributed by atoms with Gasteiger partial charge in [-0.05, 0) is 37.6 Å². The fraction of sp³-hybridized carbons (Fsp3) is 0.143. The Morgan fingerprint density at radius 2 is 1.87 bits per heavy atom. The third kappa shape index (κ3) is 3.69. The van der Waals surface area contributed by atoms with E-state index in [0.717, 1.165) is 28.9 Å². The summed E-state index contributed by atoms with van der Waals surface area (Å²) < 4.78 is 33.1. The molecule has 7 nitrogen and oxygen atoms in total. The van der Waals surface area contributed by atoms with E-state index in [1.165, 1.54) is 6.07 Å². The zero-order chi connectivity index (χ0) is 21.4. The predicted octanol–water partition coefficient (Wildman–Crippen LogP) is 4.38. The van der Waals surface area contributed by atoms with Crippen molar-refractivity contribution in [3.05, 3.63) is 76.9 Å². The molecule has 0 unspecified atom stereocenters. The summed E-state index contributed by atoms with van der Waals surface area (Å²) in [6.45, 7) is 5.32. The van der Waals surface area contributed by atoms with Gasteiger partial charge >= 0.3 is 0 Å². The van der Waals surface area contributed by atoms with Gasteiger partial charge in [-0.15, -0.1) is 0 Å². The van der Waals surface area contributed by atoms with E-state index in [2.05, 4.69) is 20.6 Å². The third-order valence-corrected chi connectivity index (χ3v) is 4.56. The number of benzene rings is 2. The maximum Gasteiger partial charge on any atom is 0.259 e. The molecule has 30 heavy (non-hydrogen) atoms. The zero-order valence-electron chi connectivity index (χ0n) is 16.4. The van der Waals surface area contributed by atoms with Crippen molar-refractivity contribution in [1.29, 1.82) is 0 Å². The molecule has 9 heteroatoms. The molecule has 2 aromatic heterocycles. The second-order valence-corrected chi connectivity index (χ2v) is 6.79. The molecule has 152 valence electrons. The van der Waals surface area contributed by atoms with Crippen molar-refractivity contribution in [3.63, 3.8) is 0 Å². The first-order chi connectivity index (χ1) is 14.3. The van der Waals surface area contributed by atoms with Crippen molar-refractivity contribution in [2.75, 3.05) is 5.32 Å². The Bertz CT molecular complexity index is 1260. The summed E-state index contributed by atoms with van der Waals surface area (Å²) in [4.78, 5) is 16.9. The summed E-state index contributed by atoms with van der Waals surface area (Å²) in [5.41, 5.74) is 3.35. The van der Waals surface area contributed by atoms with Gasteiger partial charge in [0.15, 0.2) is 11.6 Å². The minimum Gasteiger partial charge on any atom is -0.339 e. The van der Waals surface area contributed by atoms with Gasteiger partial charge in [-0.2, -0.15) is 10.1 Å². The van der Waals surface area contributed by atoms with Gasteiger partial charge in [-0.1, -0.05) is 17.3 Å². The lowest BCUT2D eigenvalue weighted by molar-refractivity contribution is 0.102. The van der Waals surface area contributed by atoms with E-state index >= 15 is 0 Å². The molecule has 0 saturated heterocycles. The molecule has 0 atom stereocenters. The van der Waals surface area contributed by atoms with Crippen LogP contribution in [0.25, 0.3) is 17.1 Å². The van der Waals surface area contributed by atoms with Gasteiger partial charge in [0.05, 0.1) is 16.9 Å². The topological polar surface area (TPSA) is 85.8 Å². The number of rotatable bonds is 4. The maximum absolute atomic E-state index is 13.4. The largest absolute Gasteiger partial charge is 0.339 e. The fourth-order valence-electron chi connectivity index (χ4n) is 2.99. The van der Waals surface area contributed by atoms with Crippen LogP contribution >= 0.6 is 0 Å². The molecule has 2 aromatic carbocycles. The Balaban J connectivity index is 1.65. The molecule has 2 heterocycles. The van der Waals surface area contributed by atoms with Gasteiger partial charge < -0.3 is 9.84 Å². The molecule has 1 N–H and O–H groups in total. The number of hydrogen-bond acceptors (Lipinski definition) is 5. The van der Waals surface area contributed by atoms with Crippen molar-refractivity contribution in [3.8, 4) is 17.1 Å². The Hall–Kier alpha value is -3.88. The van der Waals surface area contributed by atoms with E-state index in [0.29, 0.717) is 23.0 Å². The number of hydrogen-bond donors (Lipinski definition) is 1. The number of nitrogens with one attached hydrogen (secondary N) is 1. The minimum atomic E-state index is -1.04. The zero-order valence-corrected chi connectivity index (χ0v) is 16.4. The molecule has 0 spiro atoms. The Kier molecular flexibility index (Phi) is 4.86. The smallest absolute Gasteiger partial charge is 0.259 e. The monoisotopic (exact) mass is 409 g/mol. The van der Waals surface area contributed by atoms with Gasteiger partial charge in [-0.3, -0.25) is 4.79 Å². The summed E-state index contributed by atoms with van der Waals surface area (Å²) >= 11 is 0. The third-order valence-electron chi connectivity index (χ3n) is 4.56. The summed E-state index contributed by atoms with van der Waals surface area (Å²) in [5, 5.41) is 10.9. The first kappa shape index (κ1) is 19.4. The second-order valence-electron chi connectivity index (χ2n) is 6.79. The number of carbonyl (C=O) groups excluding carboxylic acids is 1. The molecule has 0 saturated carbocycles. The minimum absolute atomic E-state index is 0.150. The molecule has 0 aliphatic heterocycles. The number of aromatic nitrogens is 4. The molecular formula is C21H17F2N5O2. The number of amides is 1.